The maximum Gasteiger partial charge on any atom is 0.147 e. The van der Waals surface area contributed by atoms with Crippen molar-refractivity contribution >= 4 is 61.3 Å². The Morgan fingerprint density at radius 3 is 1.40 bits per heavy atom. The molecule has 0 unspecified atom stereocenters. The van der Waals surface area contributed by atoms with E-state index in [1.54, 1.807) is 15.9 Å². The molecule has 0 amide bonds. The average Bonchev–Trinajstić information content (AvgIpc) is 4.05. The quantitative estimate of drug-likeness (QED) is 0.155. The van der Waals surface area contributed by atoms with Crippen molar-refractivity contribution in [3.05, 3.63) is 187 Å². The fourth-order valence-corrected chi connectivity index (χ4v) is 7.81. The first kappa shape index (κ1) is 26.9. The highest BCUT2D eigenvalue weighted by Crippen LogP contribution is 2.39. The number of anilines is 3. The summed E-state index contributed by atoms with van der Waals surface area (Å²) in [5.74, 6) is 0. The van der Waals surface area contributed by atoms with Crippen LogP contribution in [0.25, 0.3) is 76.1 Å². The van der Waals surface area contributed by atoms with Crippen molar-refractivity contribution in [3.63, 3.8) is 0 Å². The lowest BCUT2D eigenvalue weighted by Crippen LogP contribution is -2.09. The summed E-state index contributed by atoms with van der Waals surface area (Å²) in [4.78, 5) is 1.76. The largest absolute Gasteiger partial charge is 0.310 e. The van der Waals surface area contributed by atoms with Gasteiger partial charge in [0.15, 0.2) is 0 Å². The van der Waals surface area contributed by atoms with E-state index >= 15 is 0 Å². The van der Waals surface area contributed by atoms with E-state index in [-0.39, 0.29) is 58.3 Å². The van der Waals surface area contributed by atoms with Crippen molar-refractivity contribution in [1.29, 1.82) is 0 Å². The van der Waals surface area contributed by atoms with Crippen LogP contribution in [0.3, 0.4) is 0 Å². The Hall–Kier alpha value is -6.80. The number of nitrogens with zero attached hydrogens (tertiary/aromatic N) is 5. The van der Waals surface area contributed by atoms with Gasteiger partial charge in [0.1, 0.15) is 21.0 Å². The van der Waals surface area contributed by atoms with Crippen LogP contribution in [0.4, 0.5) is 17.1 Å². The molecule has 0 aliphatic heterocycles. The van der Waals surface area contributed by atoms with Crippen LogP contribution >= 0.6 is 22.7 Å². The second-order valence-corrected chi connectivity index (χ2v) is 14.5. The second-order valence-electron chi connectivity index (χ2n) is 12.9. The minimum absolute atomic E-state index is 0.00232. The van der Waals surface area contributed by atoms with Gasteiger partial charge in [0, 0.05) is 28.2 Å². The molecule has 0 spiro atoms. The normalized spacial score (nSPS) is 12.8. The third-order valence-corrected chi connectivity index (χ3v) is 11.0. The second kappa shape index (κ2) is 14.2. The van der Waals surface area contributed by atoms with Crippen LogP contribution in [0.15, 0.2) is 187 Å². The fourth-order valence-electron chi connectivity index (χ4n) is 6.69. The summed E-state index contributed by atoms with van der Waals surface area (Å²) in [6.07, 6.45) is 0. The Labute approximate surface area is 334 Å². The molecule has 260 valence electrons. The fraction of sp³-hybridized carbons (Fsp3) is 0. The lowest BCUT2D eigenvalue weighted by Gasteiger charge is -2.26. The Kier molecular flexibility index (Phi) is 6.95. The number of rotatable bonds is 8. The van der Waals surface area contributed by atoms with Gasteiger partial charge in [0.05, 0.1) is 8.22 Å². The monoisotopic (exact) mass is 747 g/mol. The van der Waals surface area contributed by atoms with Crippen molar-refractivity contribution in [2.45, 2.75) is 0 Å². The molecule has 0 radical (unpaired) electrons. The minimum Gasteiger partial charge on any atom is -0.310 e. The zero-order valence-corrected chi connectivity index (χ0v) is 30.6. The average molecular weight is 748 g/mol. The summed E-state index contributed by atoms with van der Waals surface area (Å²) in [6, 6.07) is 43.7. The van der Waals surface area contributed by atoms with E-state index in [2.05, 4.69) is 20.4 Å². The van der Waals surface area contributed by atoms with Crippen molar-refractivity contribution in [1.82, 2.24) is 20.4 Å². The van der Waals surface area contributed by atoms with Crippen LogP contribution in [0.2, 0.25) is 0 Å². The zero-order valence-electron chi connectivity index (χ0n) is 35.0. The van der Waals surface area contributed by atoms with Crippen LogP contribution in [-0.4, -0.2) is 20.4 Å². The molecule has 55 heavy (non-hydrogen) atoms. The number of aromatic nitrogens is 4. The first-order chi connectivity index (χ1) is 29.7. The Morgan fingerprint density at radius 2 is 0.855 bits per heavy atom. The van der Waals surface area contributed by atoms with Crippen LogP contribution < -0.4 is 4.90 Å². The van der Waals surface area contributed by atoms with Crippen LogP contribution in [0.1, 0.15) is 8.22 Å². The van der Waals surface area contributed by atoms with Crippen molar-refractivity contribution in [3.8, 4) is 54.5 Å². The molecular formula is C48H31N5S2. The molecule has 2 heterocycles. The first-order valence-electron chi connectivity index (χ1n) is 20.5. The molecule has 0 saturated heterocycles. The van der Waals surface area contributed by atoms with E-state index in [1.165, 1.54) is 22.7 Å². The predicted octanol–water partition coefficient (Wildman–Crippen LogP) is 13.5. The molecular weight excluding hydrogens is 711 g/mol. The maximum absolute atomic E-state index is 9.69. The van der Waals surface area contributed by atoms with E-state index < -0.39 is 0 Å². The Morgan fingerprint density at radius 1 is 0.382 bits per heavy atom. The molecule has 0 aliphatic carbocycles. The SMILES string of the molecule is [2H]c1c(N(c2ccc(-c3ccc(-c4nncs4)cc3)cc2)c2ccc(-c3ccc(-c4nncs4)cc3)cc2)c([2H])c2c([2H])c([2H])c(-c3ccc4ccccc4c3)c([2H])c2c1[2H]. The summed E-state index contributed by atoms with van der Waals surface area (Å²) >= 11 is 2.95. The third kappa shape index (κ3) is 6.56. The van der Waals surface area contributed by atoms with E-state index in [0.717, 1.165) is 54.2 Å². The molecule has 10 aromatic rings. The van der Waals surface area contributed by atoms with Crippen molar-refractivity contribution < 1.29 is 8.22 Å². The molecule has 2 aromatic heterocycles. The molecule has 0 fully saturated rings. The minimum atomic E-state index is -0.286. The molecule has 10 rings (SSSR count). The molecule has 0 atom stereocenters. The highest BCUT2D eigenvalue weighted by molar-refractivity contribution is 7.13. The smallest absolute Gasteiger partial charge is 0.147 e. The highest BCUT2D eigenvalue weighted by Gasteiger charge is 2.15. The lowest BCUT2D eigenvalue weighted by atomic mass is 9.98. The summed E-state index contributed by atoms with van der Waals surface area (Å²) in [6.45, 7) is 0. The van der Waals surface area contributed by atoms with E-state index in [4.69, 9.17) is 0 Å². The van der Waals surface area contributed by atoms with Gasteiger partial charge in [-0.25, -0.2) is 0 Å². The summed E-state index contributed by atoms with van der Waals surface area (Å²) in [5.41, 5.74) is 11.3. The van der Waals surface area contributed by atoms with Gasteiger partial charge in [-0.15, -0.1) is 20.4 Å². The standard InChI is InChI=1S/C48H31N5S2/c1-2-4-39-27-40(14-9-32(39)3-1)41-15-16-43-29-46(26-21-42(43)28-41)53(44-22-17-35(18-23-44)33-5-10-37(11-6-33)47-51-49-30-54-47)45-24-19-36(20-25-45)34-7-12-38(13-8-34)48-52-50-31-55-48/h1-31H/i15D,16D,21D,26D,28D,29D. The van der Waals surface area contributed by atoms with Gasteiger partial charge in [-0.1, -0.05) is 150 Å². The van der Waals surface area contributed by atoms with Crippen LogP contribution in [-0.2, 0) is 0 Å². The van der Waals surface area contributed by atoms with Gasteiger partial charge < -0.3 is 4.90 Å². The maximum atomic E-state index is 9.69. The van der Waals surface area contributed by atoms with Crippen LogP contribution in [0, 0.1) is 0 Å². The summed E-state index contributed by atoms with van der Waals surface area (Å²) in [7, 11) is 0. The predicted molar refractivity (Wildman–Crippen MR) is 230 cm³/mol. The number of hydrogen-bond acceptors (Lipinski definition) is 7. The molecule has 8 aromatic carbocycles. The molecule has 5 nitrogen and oxygen atoms in total. The molecule has 0 saturated carbocycles. The molecule has 0 N–H and O–H groups in total. The summed E-state index contributed by atoms with van der Waals surface area (Å²) < 4.78 is 56.4. The Balaban J connectivity index is 1.10. The van der Waals surface area contributed by atoms with Gasteiger partial charge in [0.25, 0.3) is 0 Å². The van der Waals surface area contributed by atoms with Crippen molar-refractivity contribution in [2.75, 3.05) is 4.90 Å². The number of benzene rings is 8. The molecule has 7 heteroatoms. The topological polar surface area (TPSA) is 54.8 Å². The number of hydrogen-bond donors (Lipinski definition) is 0. The summed E-state index contributed by atoms with van der Waals surface area (Å²) in [5, 5.41) is 19.8. The van der Waals surface area contributed by atoms with E-state index in [9.17, 15) is 8.22 Å². The highest BCUT2D eigenvalue weighted by atomic mass is 32.1. The van der Waals surface area contributed by atoms with Gasteiger partial charge in [-0.2, -0.15) is 0 Å². The zero-order chi connectivity index (χ0) is 41.8. The van der Waals surface area contributed by atoms with Gasteiger partial charge in [-0.05, 0) is 103 Å². The lowest BCUT2D eigenvalue weighted by molar-refractivity contribution is 1.10. The van der Waals surface area contributed by atoms with Gasteiger partial charge in [-0.3, -0.25) is 0 Å². The molecule has 0 bridgehead atoms. The van der Waals surface area contributed by atoms with Gasteiger partial charge >= 0.3 is 0 Å². The van der Waals surface area contributed by atoms with E-state index in [1.807, 2.05) is 140 Å². The number of fused-ring (bicyclic) bond motifs is 2. The van der Waals surface area contributed by atoms with Crippen LogP contribution in [0.5, 0.6) is 0 Å². The Bertz CT molecular complexity index is 3110. The first-order valence-corrected chi connectivity index (χ1v) is 19.3. The third-order valence-electron chi connectivity index (χ3n) is 9.52. The van der Waals surface area contributed by atoms with Gasteiger partial charge in [0.2, 0.25) is 0 Å². The van der Waals surface area contributed by atoms with Crippen molar-refractivity contribution in [2.24, 2.45) is 0 Å². The molecule has 0 aliphatic rings. The van der Waals surface area contributed by atoms with E-state index in [0.29, 0.717) is 16.9 Å².